The minimum absolute atomic E-state index is 0.394. The molecule has 0 bridgehead atoms. The van der Waals surface area contributed by atoms with Gasteiger partial charge in [0, 0.05) is 0 Å². The van der Waals surface area contributed by atoms with Crippen molar-refractivity contribution < 1.29 is 0 Å². The third-order valence-electron chi connectivity index (χ3n) is 32.0. The molecule has 0 amide bonds. The van der Waals surface area contributed by atoms with Gasteiger partial charge in [0.05, 0.1) is 0 Å². The van der Waals surface area contributed by atoms with Gasteiger partial charge in [-0.1, -0.05) is 0 Å². The molecule has 0 aromatic heterocycles. The molecule has 778 valence electrons. The van der Waals surface area contributed by atoms with Crippen LogP contribution in [0, 0.1) is 0 Å². The van der Waals surface area contributed by atoms with Crippen LogP contribution in [0.4, 0.5) is 0 Å². The molecular formula is C103H254Ge8N8Si10. The van der Waals surface area contributed by atoms with E-state index in [-0.39, 0.29) is 0 Å². The second-order valence-corrected chi connectivity index (χ2v) is 193. The van der Waals surface area contributed by atoms with Crippen LogP contribution >= 0.6 is 0 Å². The molecule has 2 fully saturated rings. The molecule has 0 aliphatic carbocycles. The first-order chi connectivity index (χ1) is 56.7. The van der Waals surface area contributed by atoms with Crippen LogP contribution in [0.5, 0.6) is 0 Å². The molecule has 0 atom stereocenters. The van der Waals surface area contributed by atoms with E-state index in [0.29, 0.717) is 22.2 Å². The fourth-order valence-electron chi connectivity index (χ4n) is 28.7. The van der Waals surface area contributed by atoms with E-state index in [0.717, 1.165) is 57.0 Å². The van der Waals surface area contributed by atoms with Gasteiger partial charge >= 0.3 is 876 Å². The second kappa shape index (κ2) is 57.5. The van der Waals surface area contributed by atoms with Gasteiger partial charge in [-0.05, 0) is 0 Å². The van der Waals surface area contributed by atoms with Gasteiger partial charge in [0.2, 0.25) is 0 Å². The summed E-state index contributed by atoms with van der Waals surface area (Å²) >= 11 is -12.0. The normalized spacial score (nSPS) is 17.1. The zero-order chi connectivity index (χ0) is 106. The Balaban J connectivity index is -0.000000338. The molecular weight excluding hydrogens is 2210 g/mol. The third-order valence-corrected chi connectivity index (χ3v) is 223. The summed E-state index contributed by atoms with van der Waals surface area (Å²) in [4.78, 5) is 7.75. The van der Waals surface area contributed by atoms with Crippen molar-refractivity contribution in [3.8, 4) is 0 Å². The molecule has 0 N–H and O–H groups in total. The predicted octanol–water partition coefficient (Wildman–Crippen LogP) is 34.1. The molecule has 2 rings (SSSR count). The molecule has 0 aromatic carbocycles. The average molecular weight is 2470 g/mol. The molecule has 2 saturated heterocycles. The Morgan fingerprint density at radius 3 is 0.581 bits per heavy atom. The standard InChI is InChI=1S/C18H38GeN2.C15H39GeNSi2.C14H40GeSi4.C13H31GeN.C12H38GeN2Si4.C12H29GeN.C11H27GeN.C8H12Ge/c1-15(2)11-9-12-16(3,4)20(15)19-21-17(5,6)13-10-14-18(21,7)8;1-13(2)16(14(3)4,15(5)6)17(18(7,8)9)19(10,11)12;1-16(2,3)13(17(4,5)6)15-14(18(7,8)9)19(10,11)12;1-9-15(10-2)14(11(3)4,12(5)6)13(7)8;1-16(2,3)14(17(4,5)6)13-15(18(7,8)9)19(10,11)12;1-9-14(8)13(10(2)3,11(4)5)12(6)7;1-9(2)12(10(3)4,11(5)6)13(7)8;1-5-9(6-2,7-3)8-4/h9-14,19H2,1-8H3;13-15H,1-12H3;13-14H,15H2,1-12H3;11-13H,9-10H2,1-8H3;13H2,1-12H3;10-12H,9H2,1-8H3;9-11H,1-8H3;5-8H,1-4H2. The quantitative estimate of drug-likeness (QED) is 0.0562. The van der Waals surface area contributed by atoms with Gasteiger partial charge in [0.1, 0.15) is 0 Å². The van der Waals surface area contributed by atoms with Crippen LogP contribution in [0.25, 0.3) is 0 Å². The molecule has 0 saturated carbocycles. The summed E-state index contributed by atoms with van der Waals surface area (Å²) in [6.07, 6.45) is 8.27. The van der Waals surface area contributed by atoms with Crippen molar-refractivity contribution in [2.75, 3.05) is 40.8 Å². The fraction of sp³-hybridized carbons (Fsp3) is 0.922. The molecule has 0 radical (unpaired) electrons. The number of nitrogens with zero attached hydrogens (tertiary/aromatic N) is 8. The zero-order valence-corrected chi connectivity index (χ0v) is 132. The predicted molar refractivity (Wildman–Crippen MR) is 665 cm³/mol. The Morgan fingerprint density at radius 1 is 0.295 bits per heavy atom. The number of rotatable bonds is 39. The molecule has 8 nitrogen and oxygen atoms in total. The van der Waals surface area contributed by atoms with Crippen molar-refractivity contribution in [3.05, 3.63) is 45.9 Å². The summed E-state index contributed by atoms with van der Waals surface area (Å²) in [6, 6.07) is 0. The average Bonchev–Trinajstić information content (AvgIpc) is 0.732. The Bertz CT molecular complexity index is 2710. The molecule has 2 aliphatic heterocycles. The topological polar surface area (TPSA) is 25.9 Å². The fourth-order valence-corrected chi connectivity index (χ4v) is 213. The van der Waals surface area contributed by atoms with E-state index in [2.05, 4.69) is 515 Å². The van der Waals surface area contributed by atoms with Crippen LogP contribution in [0.3, 0.4) is 0 Å². The van der Waals surface area contributed by atoms with Gasteiger partial charge in [-0.15, -0.1) is 0 Å². The Kier molecular flexibility index (Phi) is 64.5. The van der Waals surface area contributed by atoms with E-state index in [4.69, 9.17) is 0 Å². The Morgan fingerprint density at radius 2 is 0.488 bits per heavy atom. The van der Waals surface area contributed by atoms with Crippen LogP contribution < -0.4 is 0 Å². The maximum absolute atomic E-state index is 3.72. The molecule has 0 aromatic rings. The van der Waals surface area contributed by atoms with Crippen LogP contribution in [0.1, 0.15) is 281 Å². The first-order valence-corrected chi connectivity index (χ1v) is 120. The van der Waals surface area contributed by atoms with E-state index in [1.807, 2.05) is 19.6 Å². The van der Waals surface area contributed by atoms with E-state index in [1.165, 1.54) is 66.2 Å². The van der Waals surface area contributed by atoms with E-state index >= 15 is 0 Å². The van der Waals surface area contributed by atoms with Crippen molar-refractivity contribution in [2.24, 2.45) is 0 Å². The Labute approximate surface area is 866 Å². The van der Waals surface area contributed by atoms with Crippen molar-refractivity contribution in [1.82, 2.24) is 28.8 Å². The van der Waals surface area contributed by atoms with Crippen LogP contribution in [0.15, 0.2) is 45.9 Å². The summed E-state index contributed by atoms with van der Waals surface area (Å²) in [6.45, 7) is 183. The van der Waals surface area contributed by atoms with E-state index in [1.54, 1.807) is 0 Å². The molecule has 2 heterocycles. The van der Waals surface area contributed by atoms with Crippen LogP contribution in [-0.2, 0) is 0 Å². The van der Waals surface area contributed by atoms with Gasteiger partial charge in [0.15, 0.2) is 0 Å². The van der Waals surface area contributed by atoms with Gasteiger partial charge < -0.3 is 0 Å². The monoisotopic (exact) mass is 2480 g/mol. The van der Waals surface area contributed by atoms with Crippen molar-refractivity contribution in [1.29, 1.82) is 0 Å². The molecule has 129 heavy (non-hydrogen) atoms. The zero-order valence-electron chi connectivity index (χ0n) is 103. The molecule has 26 heteroatoms. The second-order valence-electron chi connectivity index (χ2n) is 57.4. The van der Waals surface area contributed by atoms with Crippen molar-refractivity contribution in [2.45, 2.75) is 564 Å². The van der Waals surface area contributed by atoms with Crippen molar-refractivity contribution in [3.63, 3.8) is 0 Å². The van der Waals surface area contributed by atoms with Crippen molar-refractivity contribution >= 4 is 196 Å². The van der Waals surface area contributed by atoms with Gasteiger partial charge in [-0.25, -0.2) is 0 Å². The van der Waals surface area contributed by atoms with E-state index < -0.39 is 196 Å². The Hall–Kier alpha value is 5.15. The first kappa shape index (κ1) is 145. The first-order valence-electron chi connectivity index (χ1n) is 53.3. The maximum atomic E-state index is 3.72. The van der Waals surface area contributed by atoms with Gasteiger partial charge in [0.25, 0.3) is 0 Å². The summed E-state index contributed by atoms with van der Waals surface area (Å²) in [5.74, 6) is 0. The molecule has 2 aliphatic rings. The van der Waals surface area contributed by atoms with Crippen LogP contribution in [-0.4, -0.2) is 288 Å². The number of piperidine rings is 2. The van der Waals surface area contributed by atoms with E-state index in [9.17, 15) is 0 Å². The van der Waals surface area contributed by atoms with Crippen LogP contribution in [0.2, 0.25) is 261 Å². The minimum atomic E-state index is -2.11. The summed E-state index contributed by atoms with van der Waals surface area (Å²) < 4.78 is 36.8. The third kappa shape index (κ3) is 42.9. The van der Waals surface area contributed by atoms with Gasteiger partial charge in [-0.3, -0.25) is 0 Å². The van der Waals surface area contributed by atoms with Gasteiger partial charge in [-0.2, -0.15) is 0 Å². The summed E-state index contributed by atoms with van der Waals surface area (Å²) in [5.41, 5.74) is 1.58. The molecule has 0 unspecified atom stereocenters. The SMILES string of the molecule is C=[CH][Ge]([CH]=C)([CH]=C)[CH]=C.CC1(C)CCCC(C)(C)[N]1[GeH2][N]1C(C)(C)CCCC1(C)C.CC[N](C)[Ge]([CH](C)C)([CH](C)C)[CH](C)C.CC[N](CC)[Ge]([CH](C)C)([CH](C)C)[CH](C)C.C[CH](C)[Ge]([CH](C)C)([CH](C)C)[N](C)C.C[CH](C)[Ge]([CH](C)C)([CH](C)C)[N]([Si](C)(C)C)[Si](C)(C)C.C[Si](C)(C)[CH]([GeH2][CH]([Si](C)(C)C)[Si](C)(C)C)[Si](C)(C)C.C[Si](C)(C)[N]([GeH2][N]([Si](C)(C)C)[Si](C)(C)C)[Si](C)(C)C. The number of hydrogen-bond acceptors (Lipinski definition) is 8. The summed E-state index contributed by atoms with van der Waals surface area (Å²) in [5, 5.41) is 0. The summed E-state index contributed by atoms with van der Waals surface area (Å²) in [7, 11) is -4.06. The number of hydrogen-bond donors (Lipinski definition) is 0. The molecule has 0 spiro atoms.